The number of hydrogen-bond acceptors (Lipinski definition) is 8. The molecule has 1 aromatic heterocycles. The van der Waals surface area contributed by atoms with Gasteiger partial charge in [0.2, 0.25) is 28.2 Å². The molecule has 0 unspecified atom stereocenters. The van der Waals surface area contributed by atoms with Crippen molar-refractivity contribution in [1.29, 1.82) is 0 Å². The summed E-state index contributed by atoms with van der Waals surface area (Å²) in [5, 5.41) is 9.75. The van der Waals surface area contributed by atoms with Crippen LogP contribution < -0.4 is 31.0 Å². The van der Waals surface area contributed by atoms with Gasteiger partial charge in [0.25, 0.3) is 5.56 Å². The summed E-state index contributed by atoms with van der Waals surface area (Å²) in [7, 11) is -1.65. The molecule has 1 saturated heterocycles. The van der Waals surface area contributed by atoms with E-state index < -0.39 is 10.0 Å². The van der Waals surface area contributed by atoms with Crippen LogP contribution in [0, 0.1) is 18.8 Å². The Labute approximate surface area is 341 Å². The Kier molecular flexibility index (Phi) is 29.8. The molecule has 0 bridgehead atoms. The van der Waals surface area contributed by atoms with E-state index in [-0.39, 0.29) is 53.7 Å². The number of nitrogens with zero attached hydrogens (tertiary/aromatic N) is 1. The second-order valence-electron chi connectivity index (χ2n) is 13.3. The summed E-state index contributed by atoms with van der Waals surface area (Å²) in [6, 6.07) is 7.09. The maximum Gasteiger partial charge on any atom is 0.315 e. The normalized spacial score (nSPS) is 16.2. The molecule has 0 spiro atoms. The molecular weight excluding hydrogens is 749 g/mol. The number of sulfonamides is 1. The van der Waals surface area contributed by atoms with Gasteiger partial charge in [-0.05, 0) is 86.9 Å². The predicted octanol–water partition coefficient (Wildman–Crippen LogP) is 6.03. The number of aromatic nitrogens is 1. The lowest BCUT2D eigenvalue weighted by Gasteiger charge is -2.24. The largest absolute Gasteiger partial charge is 0.497 e. The zero-order valence-corrected chi connectivity index (χ0v) is 36.3. The minimum Gasteiger partial charge on any atom is -0.497 e. The first-order valence-electron chi connectivity index (χ1n) is 19.9. The van der Waals surface area contributed by atoms with Gasteiger partial charge in [0, 0.05) is 30.2 Å². The Morgan fingerprint density at radius 3 is 1.98 bits per heavy atom. The van der Waals surface area contributed by atoms with Crippen molar-refractivity contribution in [3.63, 3.8) is 0 Å². The topological polar surface area (TPSA) is 196 Å². The van der Waals surface area contributed by atoms with Crippen molar-refractivity contribution in [2.75, 3.05) is 20.2 Å². The summed E-state index contributed by atoms with van der Waals surface area (Å²) in [5.74, 6) is 1.37. The second-order valence-corrected chi connectivity index (χ2v) is 15.3. The summed E-state index contributed by atoms with van der Waals surface area (Å²) >= 11 is 0. The van der Waals surface area contributed by atoms with E-state index in [1.807, 2.05) is 39.8 Å². The SMILES string of the molecule is C#C.C=C.CC.CC.CC(C)C.COc1ccc2c(=O)[nH]ccc2c1.O=C(NCC(=O)N1CCC[C@H]1C(=O)NC1CC1)NC1CCCC1.O=CNS(=O)(=O)C1CC1. The summed E-state index contributed by atoms with van der Waals surface area (Å²) in [4.78, 5) is 61.5. The molecule has 2 aromatic rings. The van der Waals surface area contributed by atoms with E-state index in [0.717, 1.165) is 62.0 Å². The highest BCUT2D eigenvalue weighted by atomic mass is 32.2. The molecular formula is C42H70N6O8S. The molecule has 14 nitrogen and oxygen atoms in total. The number of amides is 5. The molecule has 4 fully saturated rings. The predicted molar refractivity (Wildman–Crippen MR) is 231 cm³/mol. The summed E-state index contributed by atoms with van der Waals surface area (Å²) < 4.78 is 28.1. The number of urea groups is 1. The van der Waals surface area contributed by atoms with Gasteiger partial charge < -0.3 is 30.6 Å². The molecule has 1 atom stereocenters. The molecule has 4 aliphatic rings. The highest BCUT2D eigenvalue weighted by molar-refractivity contribution is 7.90. The smallest absolute Gasteiger partial charge is 0.315 e. The Morgan fingerprint density at radius 1 is 0.912 bits per heavy atom. The minimum absolute atomic E-state index is 0.0474. The van der Waals surface area contributed by atoms with E-state index in [1.54, 1.807) is 35.1 Å². The zero-order valence-electron chi connectivity index (χ0n) is 35.5. The van der Waals surface area contributed by atoms with E-state index in [1.165, 1.54) is 0 Å². The molecule has 1 aliphatic heterocycles. The Balaban J connectivity index is 0. The van der Waals surface area contributed by atoms with Crippen molar-refractivity contribution < 1.29 is 32.3 Å². The minimum atomic E-state index is -3.26. The summed E-state index contributed by atoms with van der Waals surface area (Å²) in [6.07, 6.45) is 19.1. The van der Waals surface area contributed by atoms with Crippen LogP contribution in [0.5, 0.6) is 5.75 Å². The number of carbonyl (C=O) groups is 4. The Morgan fingerprint density at radius 2 is 1.47 bits per heavy atom. The molecule has 322 valence electrons. The molecule has 0 radical (unpaired) electrons. The van der Waals surface area contributed by atoms with Crippen LogP contribution in [0.4, 0.5) is 4.79 Å². The van der Waals surface area contributed by atoms with Gasteiger partial charge >= 0.3 is 6.03 Å². The second kappa shape index (κ2) is 31.3. The fourth-order valence-electron chi connectivity index (χ4n) is 5.27. The Bertz CT molecular complexity index is 1630. The lowest BCUT2D eigenvalue weighted by Crippen LogP contribution is -2.50. The maximum absolute atomic E-state index is 12.3. The number of benzene rings is 1. The molecule has 1 aromatic carbocycles. The van der Waals surface area contributed by atoms with E-state index in [4.69, 9.17) is 4.74 Å². The van der Waals surface area contributed by atoms with Crippen molar-refractivity contribution in [2.45, 2.75) is 136 Å². The molecule has 5 amide bonds. The molecule has 5 N–H and O–H groups in total. The van der Waals surface area contributed by atoms with Crippen molar-refractivity contribution in [3.8, 4) is 18.6 Å². The van der Waals surface area contributed by atoms with Crippen LogP contribution in [0.15, 0.2) is 48.4 Å². The van der Waals surface area contributed by atoms with Crippen molar-refractivity contribution in [2.24, 2.45) is 5.92 Å². The quantitative estimate of drug-likeness (QED) is 0.115. The third-order valence-electron chi connectivity index (χ3n) is 8.05. The van der Waals surface area contributed by atoms with E-state index in [0.29, 0.717) is 37.2 Å². The van der Waals surface area contributed by atoms with Crippen LogP contribution >= 0.6 is 0 Å². The number of likely N-dealkylation sites (tertiary alicyclic amines) is 1. The van der Waals surface area contributed by atoms with Crippen LogP contribution in [0.1, 0.15) is 113 Å². The molecule has 57 heavy (non-hydrogen) atoms. The van der Waals surface area contributed by atoms with Gasteiger partial charge in [-0.15, -0.1) is 26.0 Å². The Hall–Kier alpha value is -4.84. The number of H-pyrrole nitrogens is 1. The van der Waals surface area contributed by atoms with Crippen LogP contribution in [0.25, 0.3) is 10.8 Å². The fourth-order valence-corrected chi connectivity index (χ4v) is 6.35. The number of fused-ring (bicyclic) bond motifs is 1. The van der Waals surface area contributed by atoms with Crippen LogP contribution in [-0.4, -0.2) is 86.1 Å². The monoisotopic (exact) mass is 818 g/mol. The molecule has 6 rings (SSSR count). The van der Waals surface area contributed by atoms with Gasteiger partial charge in [-0.25, -0.2) is 13.2 Å². The molecule has 15 heteroatoms. The summed E-state index contributed by atoms with van der Waals surface area (Å²) in [5.41, 5.74) is -0.0693. The maximum atomic E-state index is 12.3. The summed E-state index contributed by atoms with van der Waals surface area (Å²) in [6.45, 7) is 21.0. The average molecular weight is 819 g/mol. The number of ether oxygens (including phenoxy) is 1. The van der Waals surface area contributed by atoms with Crippen molar-refractivity contribution in [3.05, 3.63) is 54.0 Å². The molecule has 2 heterocycles. The van der Waals surface area contributed by atoms with Crippen LogP contribution in [-0.2, 0) is 24.4 Å². The van der Waals surface area contributed by atoms with E-state index in [2.05, 4.69) is 67.7 Å². The number of hydrogen-bond donors (Lipinski definition) is 5. The number of rotatable bonds is 9. The van der Waals surface area contributed by atoms with Crippen molar-refractivity contribution >= 4 is 45.1 Å². The van der Waals surface area contributed by atoms with Gasteiger partial charge in [0.1, 0.15) is 11.8 Å². The standard InChI is InChI=1S/C16H26N4O3.C10H9NO2.C4H7NO3S.C4H10.2C2H6.C2H4.C2H2/c21-14(10-17-16(23)19-11-4-1-2-5-11)20-9-3-6-13(20)15(22)18-12-7-8-12;1-13-8-2-3-9-7(6-8)4-5-11-10(9)12;6-3-5-9(7,8)4-1-2-4;1-4(2)3;4*1-2/h11-13H,1-10H2,(H,18,22)(H2,17,19,23);2-6H,1H3,(H,11,12);3-4H,1-2H2,(H,5,6);4H,1-3H3;2*1-2H3;1-2H2;1-2H/t13-;;;;;;;/m0......./s1. The van der Waals surface area contributed by atoms with E-state index in [9.17, 15) is 32.4 Å². The number of nitrogens with one attached hydrogen (secondary N) is 5. The van der Waals surface area contributed by atoms with Crippen LogP contribution in [0.2, 0.25) is 0 Å². The molecule has 3 aliphatic carbocycles. The van der Waals surface area contributed by atoms with Crippen LogP contribution in [0.3, 0.4) is 0 Å². The van der Waals surface area contributed by atoms with Gasteiger partial charge in [0.05, 0.1) is 18.9 Å². The lowest BCUT2D eigenvalue weighted by atomic mass is 10.2. The highest BCUT2D eigenvalue weighted by Crippen LogP contribution is 2.27. The highest BCUT2D eigenvalue weighted by Gasteiger charge is 2.37. The first kappa shape index (κ1) is 54.3. The lowest BCUT2D eigenvalue weighted by molar-refractivity contribution is -0.137. The first-order valence-corrected chi connectivity index (χ1v) is 21.5. The van der Waals surface area contributed by atoms with Gasteiger partial charge in [-0.1, -0.05) is 61.3 Å². The van der Waals surface area contributed by atoms with Gasteiger partial charge in [-0.3, -0.25) is 23.9 Å². The number of carbonyl (C=O) groups excluding carboxylic acids is 4. The third-order valence-corrected chi connectivity index (χ3v) is 9.82. The average Bonchev–Trinajstić information content (AvgIpc) is 4.14. The number of pyridine rings is 1. The number of methoxy groups -OCH3 is 1. The zero-order chi connectivity index (χ0) is 44.0. The third kappa shape index (κ3) is 22.5. The fraction of sp³-hybridized carbons (Fsp3) is 0.595. The van der Waals surface area contributed by atoms with E-state index >= 15 is 0 Å². The number of terminal acetylenes is 1. The van der Waals surface area contributed by atoms with Crippen molar-refractivity contribution in [1.82, 2.24) is 30.6 Å². The number of aromatic amines is 1. The first-order chi connectivity index (χ1) is 27.3. The van der Waals surface area contributed by atoms with Gasteiger partial charge in [0.15, 0.2) is 0 Å². The van der Waals surface area contributed by atoms with Gasteiger partial charge in [-0.2, -0.15) is 0 Å². The molecule has 3 saturated carbocycles.